The molecule has 0 atom stereocenters. The average Bonchev–Trinajstić information content (AvgIpc) is 2.69. The minimum absolute atomic E-state index is 0.0391. The van der Waals surface area contributed by atoms with Crippen molar-refractivity contribution in [1.29, 1.82) is 0 Å². The number of benzene rings is 2. The molecule has 2 amide bonds. The molecule has 1 heterocycles. The number of morpholine rings is 1. The van der Waals surface area contributed by atoms with Crippen LogP contribution < -0.4 is 10.1 Å². The lowest BCUT2D eigenvalue weighted by Gasteiger charge is -2.27. The molecule has 1 fully saturated rings. The summed E-state index contributed by atoms with van der Waals surface area (Å²) in [5.74, 6) is 0.334. The molecule has 0 unspecified atom stereocenters. The minimum atomic E-state index is -0.269. The topological polar surface area (TPSA) is 67.9 Å². The van der Waals surface area contributed by atoms with Crippen LogP contribution in [-0.2, 0) is 9.53 Å². The SMILES string of the molecule is Cc1ccc(OCC(=O)Nc2cccc(C(=O)N3CCOCC3)c2C)cc1. The Morgan fingerprint density at radius 1 is 1.07 bits per heavy atom. The van der Waals surface area contributed by atoms with Gasteiger partial charge >= 0.3 is 0 Å². The Labute approximate surface area is 159 Å². The zero-order chi connectivity index (χ0) is 19.2. The summed E-state index contributed by atoms with van der Waals surface area (Å²) in [6, 6.07) is 12.9. The smallest absolute Gasteiger partial charge is 0.262 e. The van der Waals surface area contributed by atoms with E-state index in [4.69, 9.17) is 9.47 Å². The highest BCUT2D eigenvalue weighted by molar-refractivity contribution is 5.99. The highest BCUT2D eigenvalue weighted by Gasteiger charge is 2.21. The van der Waals surface area contributed by atoms with Crippen molar-refractivity contribution in [2.75, 3.05) is 38.2 Å². The molecule has 0 spiro atoms. The van der Waals surface area contributed by atoms with Crippen molar-refractivity contribution in [3.8, 4) is 5.75 Å². The van der Waals surface area contributed by atoms with E-state index in [0.29, 0.717) is 43.3 Å². The van der Waals surface area contributed by atoms with Crippen molar-refractivity contribution in [3.63, 3.8) is 0 Å². The van der Waals surface area contributed by atoms with Gasteiger partial charge in [0.15, 0.2) is 6.61 Å². The van der Waals surface area contributed by atoms with Crippen molar-refractivity contribution in [3.05, 3.63) is 59.2 Å². The van der Waals surface area contributed by atoms with E-state index >= 15 is 0 Å². The number of aryl methyl sites for hydroxylation is 1. The van der Waals surface area contributed by atoms with Gasteiger partial charge in [-0.25, -0.2) is 0 Å². The van der Waals surface area contributed by atoms with Crippen LogP contribution in [0.15, 0.2) is 42.5 Å². The molecular formula is C21H24N2O4. The lowest BCUT2D eigenvalue weighted by molar-refractivity contribution is -0.118. The van der Waals surface area contributed by atoms with Crippen LogP contribution in [0.1, 0.15) is 21.5 Å². The van der Waals surface area contributed by atoms with Crippen LogP contribution in [-0.4, -0.2) is 49.6 Å². The largest absolute Gasteiger partial charge is 0.484 e. The highest BCUT2D eigenvalue weighted by atomic mass is 16.5. The summed E-state index contributed by atoms with van der Waals surface area (Å²) < 4.78 is 10.8. The second-order valence-corrected chi connectivity index (χ2v) is 6.53. The number of amides is 2. The molecule has 1 aliphatic heterocycles. The Morgan fingerprint density at radius 2 is 1.78 bits per heavy atom. The first kappa shape index (κ1) is 18.9. The van der Waals surface area contributed by atoms with Crippen molar-refractivity contribution in [2.45, 2.75) is 13.8 Å². The van der Waals surface area contributed by atoms with Gasteiger partial charge in [0.25, 0.3) is 11.8 Å². The summed E-state index contributed by atoms with van der Waals surface area (Å²) in [7, 11) is 0. The lowest BCUT2D eigenvalue weighted by Crippen LogP contribution is -2.41. The second kappa shape index (κ2) is 8.68. The van der Waals surface area contributed by atoms with E-state index < -0.39 is 0 Å². The first-order valence-electron chi connectivity index (χ1n) is 9.00. The predicted molar refractivity (Wildman–Crippen MR) is 103 cm³/mol. The van der Waals surface area contributed by atoms with Crippen LogP contribution in [0.4, 0.5) is 5.69 Å². The van der Waals surface area contributed by atoms with Crippen LogP contribution in [0.2, 0.25) is 0 Å². The van der Waals surface area contributed by atoms with Crippen LogP contribution in [0.25, 0.3) is 0 Å². The molecule has 2 aromatic rings. The third-order valence-corrected chi connectivity index (χ3v) is 4.53. The summed E-state index contributed by atoms with van der Waals surface area (Å²) in [5, 5.41) is 2.83. The standard InChI is InChI=1S/C21H24N2O4/c1-15-6-8-17(9-7-15)27-14-20(24)22-19-5-3-4-18(16(19)2)21(25)23-10-12-26-13-11-23/h3-9H,10-14H2,1-2H3,(H,22,24). The molecule has 1 saturated heterocycles. The fraction of sp³-hybridized carbons (Fsp3) is 0.333. The summed E-state index contributed by atoms with van der Waals surface area (Å²) >= 11 is 0. The molecule has 27 heavy (non-hydrogen) atoms. The zero-order valence-electron chi connectivity index (χ0n) is 15.7. The van der Waals surface area contributed by atoms with E-state index in [1.54, 1.807) is 23.1 Å². The third kappa shape index (κ3) is 4.86. The van der Waals surface area contributed by atoms with E-state index in [1.165, 1.54) is 0 Å². The summed E-state index contributed by atoms with van der Waals surface area (Å²) in [4.78, 5) is 26.7. The van der Waals surface area contributed by atoms with E-state index in [0.717, 1.165) is 11.1 Å². The molecule has 0 radical (unpaired) electrons. The van der Waals surface area contributed by atoms with Crippen molar-refractivity contribution >= 4 is 17.5 Å². The maximum Gasteiger partial charge on any atom is 0.262 e. The van der Waals surface area contributed by atoms with E-state index in [9.17, 15) is 9.59 Å². The number of anilines is 1. The van der Waals surface area contributed by atoms with E-state index in [2.05, 4.69) is 5.32 Å². The molecule has 0 aromatic heterocycles. The maximum absolute atomic E-state index is 12.7. The number of hydrogen-bond acceptors (Lipinski definition) is 4. The number of rotatable bonds is 5. The Kier molecular flexibility index (Phi) is 6.08. The summed E-state index contributed by atoms with van der Waals surface area (Å²) in [6.07, 6.45) is 0. The van der Waals surface area contributed by atoms with Gasteiger partial charge in [0.05, 0.1) is 13.2 Å². The molecule has 1 aliphatic rings. The van der Waals surface area contributed by atoms with Crippen LogP contribution in [0.5, 0.6) is 5.75 Å². The van der Waals surface area contributed by atoms with Gasteiger partial charge in [0.1, 0.15) is 5.75 Å². The normalized spacial score (nSPS) is 13.9. The number of ether oxygens (including phenoxy) is 2. The molecule has 0 aliphatic carbocycles. The van der Waals surface area contributed by atoms with Gasteiger partial charge in [-0.1, -0.05) is 23.8 Å². The number of nitrogens with one attached hydrogen (secondary N) is 1. The van der Waals surface area contributed by atoms with Gasteiger partial charge in [0.2, 0.25) is 0 Å². The molecule has 6 heteroatoms. The zero-order valence-corrected chi connectivity index (χ0v) is 15.7. The Balaban J connectivity index is 1.63. The molecule has 3 rings (SSSR count). The summed E-state index contributed by atoms with van der Waals surface area (Å²) in [5.41, 5.74) is 3.09. The Bertz CT molecular complexity index is 811. The van der Waals surface area contributed by atoms with Gasteiger partial charge in [-0.3, -0.25) is 9.59 Å². The molecule has 6 nitrogen and oxygen atoms in total. The molecule has 142 valence electrons. The fourth-order valence-corrected chi connectivity index (χ4v) is 2.91. The van der Waals surface area contributed by atoms with Gasteiger partial charge in [-0.15, -0.1) is 0 Å². The number of carbonyl (C=O) groups is 2. The fourth-order valence-electron chi connectivity index (χ4n) is 2.91. The van der Waals surface area contributed by atoms with Crippen molar-refractivity contribution in [1.82, 2.24) is 4.90 Å². The van der Waals surface area contributed by atoms with Crippen LogP contribution in [0, 0.1) is 13.8 Å². The van der Waals surface area contributed by atoms with Gasteiger partial charge in [0, 0.05) is 24.3 Å². The number of nitrogens with zero attached hydrogens (tertiary/aromatic N) is 1. The molecule has 0 bridgehead atoms. The van der Waals surface area contributed by atoms with Gasteiger partial charge < -0.3 is 19.7 Å². The highest BCUT2D eigenvalue weighted by Crippen LogP contribution is 2.21. The Morgan fingerprint density at radius 3 is 2.48 bits per heavy atom. The number of hydrogen-bond donors (Lipinski definition) is 1. The first-order chi connectivity index (χ1) is 13.0. The second-order valence-electron chi connectivity index (χ2n) is 6.53. The minimum Gasteiger partial charge on any atom is -0.484 e. The lowest BCUT2D eigenvalue weighted by atomic mass is 10.0. The molecule has 1 N–H and O–H groups in total. The maximum atomic E-state index is 12.7. The average molecular weight is 368 g/mol. The summed E-state index contributed by atoms with van der Waals surface area (Å²) in [6.45, 7) is 6.01. The van der Waals surface area contributed by atoms with E-state index in [-0.39, 0.29) is 18.4 Å². The third-order valence-electron chi connectivity index (χ3n) is 4.53. The molecule has 0 saturated carbocycles. The van der Waals surface area contributed by atoms with Gasteiger partial charge in [-0.05, 0) is 43.7 Å². The first-order valence-corrected chi connectivity index (χ1v) is 9.00. The number of carbonyl (C=O) groups excluding carboxylic acids is 2. The van der Waals surface area contributed by atoms with Crippen molar-refractivity contribution < 1.29 is 19.1 Å². The van der Waals surface area contributed by atoms with E-state index in [1.807, 2.05) is 38.1 Å². The van der Waals surface area contributed by atoms with Crippen LogP contribution in [0.3, 0.4) is 0 Å². The Hall–Kier alpha value is -2.86. The van der Waals surface area contributed by atoms with Crippen molar-refractivity contribution in [2.24, 2.45) is 0 Å². The molecule has 2 aromatic carbocycles. The monoisotopic (exact) mass is 368 g/mol. The van der Waals surface area contributed by atoms with Crippen LogP contribution >= 0.6 is 0 Å². The molecular weight excluding hydrogens is 344 g/mol. The predicted octanol–water partition coefficient (Wildman–Crippen LogP) is 2.79. The quantitative estimate of drug-likeness (QED) is 0.881. The van der Waals surface area contributed by atoms with Gasteiger partial charge in [-0.2, -0.15) is 0 Å².